The Kier molecular flexibility index (Phi) is 5.94. The zero-order valence-electron chi connectivity index (χ0n) is 14.0. The summed E-state index contributed by atoms with van der Waals surface area (Å²) in [7, 11) is 6.15. The summed E-state index contributed by atoms with van der Waals surface area (Å²) in [5.41, 5.74) is 2.09. The van der Waals surface area contributed by atoms with Gasteiger partial charge in [0.2, 0.25) is 0 Å². The Labute approximate surface area is 133 Å². The molecule has 1 aliphatic rings. The lowest BCUT2D eigenvalue weighted by Gasteiger charge is -2.33. The van der Waals surface area contributed by atoms with Crippen molar-refractivity contribution >= 4 is 11.6 Å². The minimum atomic E-state index is -0.401. The normalized spacial score (nSPS) is 22.8. The van der Waals surface area contributed by atoms with E-state index in [1.54, 1.807) is 0 Å². The molecule has 2 rings (SSSR count). The Balaban J connectivity index is 1.88. The molecule has 2 atom stereocenters. The minimum absolute atomic E-state index is 0.0700. The van der Waals surface area contributed by atoms with Gasteiger partial charge in [0.1, 0.15) is 6.10 Å². The fourth-order valence-corrected chi connectivity index (χ4v) is 2.64. The standard InChI is InChI=1S/C17H27N3O2/c1-13-11-20(4)12-16(22-13)17(21)18-15-7-5-14(6-8-15)9-10-19(2)3/h5-8,13,16H,9-12H2,1-4H3,(H,18,21). The number of nitrogens with zero attached hydrogens (tertiary/aromatic N) is 2. The molecule has 1 saturated heterocycles. The maximum atomic E-state index is 12.3. The molecule has 1 aromatic carbocycles. The highest BCUT2D eigenvalue weighted by Gasteiger charge is 2.28. The van der Waals surface area contributed by atoms with Gasteiger partial charge in [-0.05, 0) is 52.2 Å². The molecule has 5 nitrogen and oxygen atoms in total. The highest BCUT2D eigenvalue weighted by Crippen LogP contribution is 2.14. The van der Waals surface area contributed by atoms with Crippen molar-refractivity contribution in [2.24, 2.45) is 0 Å². The minimum Gasteiger partial charge on any atom is -0.363 e. The summed E-state index contributed by atoms with van der Waals surface area (Å²) >= 11 is 0. The third-order valence-electron chi connectivity index (χ3n) is 3.80. The highest BCUT2D eigenvalue weighted by molar-refractivity contribution is 5.94. The van der Waals surface area contributed by atoms with Gasteiger partial charge in [0.25, 0.3) is 5.91 Å². The van der Waals surface area contributed by atoms with Gasteiger partial charge >= 0.3 is 0 Å². The zero-order chi connectivity index (χ0) is 16.1. The second-order valence-electron chi connectivity index (χ2n) is 6.40. The van der Waals surface area contributed by atoms with E-state index < -0.39 is 6.10 Å². The molecular weight excluding hydrogens is 278 g/mol. The lowest BCUT2D eigenvalue weighted by atomic mass is 10.1. The highest BCUT2D eigenvalue weighted by atomic mass is 16.5. The van der Waals surface area contributed by atoms with Gasteiger partial charge in [-0.3, -0.25) is 4.79 Å². The predicted octanol–water partition coefficient (Wildman–Crippen LogP) is 1.45. The zero-order valence-corrected chi connectivity index (χ0v) is 14.0. The number of likely N-dealkylation sites (N-methyl/N-ethyl adjacent to an activating group) is 2. The molecule has 5 heteroatoms. The van der Waals surface area contributed by atoms with E-state index in [1.165, 1.54) is 5.56 Å². The molecule has 1 heterocycles. The van der Waals surface area contributed by atoms with E-state index in [9.17, 15) is 4.79 Å². The first-order valence-corrected chi connectivity index (χ1v) is 7.82. The predicted molar refractivity (Wildman–Crippen MR) is 89.2 cm³/mol. The van der Waals surface area contributed by atoms with Gasteiger partial charge in [-0.15, -0.1) is 0 Å². The summed E-state index contributed by atoms with van der Waals surface area (Å²) in [6.07, 6.45) is 0.694. The van der Waals surface area contributed by atoms with E-state index in [2.05, 4.69) is 41.3 Å². The maximum Gasteiger partial charge on any atom is 0.254 e. The number of rotatable bonds is 5. The van der Waals surface area contributed by atoms with Crippen LogP contribution in [-0.4, -0.2) is 68.7 Å². The molecule has 1 amide bonds. The van der Waals surface area contributed by atoms with Crippen LogP contribution in [0.2, 0.25) is 0 Å². The van der Waals surface area contributed by atoms with E-state index in [-0.39, 0.29) is 12.0 Å². The summed E-state index contributed by atoms with van der Waals surface area (Å²) in [4.78, 5) is 16.6. The van der Waals surface area contributed by atoms with Crippen LogP contribution in [0.1, 0.15) is 12.5 Å². The van der Waals surface area contributed by atoms with Gasteiger partial charge in [-0.1, -0.05) is 12.1 Å². The van der Waals surface area contributed by atoms with Crippen LogP contribution in [0, 0.1) is 0 Å². The number of hydrogen-bond donors (Lipinski definition) is 1. The number of carbonyl (C=O) groups is 1. The molecule has 0 bridgehead atoms. The van der Waals surface area contributed by atoms with Gasteiger partial charge in [-0.2, -0.15) is 0 Å². The smallest absolute Gasteiger partial charge is 0.254 e. The average molecular weight is 305 g/mol. The topological polar surface area (TPSA) is 44.8 Å². The largest absolute Gasteiger partial charge is 0.363 e. The number of morpholine rings is 1. The van der Waals surface area contributed by atoms with Crippen molar-refractivity contribution in [3.63, 3.8) is 0 Å². The number of carbonyl (C=O) groups excluding carboxylic acids is 1. The fraction of sp³-hybridized carbons (Fsp3) is 0.588. The molecule has 122 valence electrons. The maximum absolute atomic E-state index is 12.3. The molecule has 0 aliphatic carbocycles. The van der Waals surface area contributed by atoms with Gasteiger partial charge < -0.3 is 19.9 Å². The molecule has 0 radical (unpaired) electrons. The van der Waals surface area contributed by atoms with Crippen LogP contribution >= 0.6 is 0 Å². The van der Waals surface area contributed by atoms with Crippen LogP contribution in [0.25, 0.3) is 0 Å². The second-order valence-corrected chi connectivity index (χ2v) is 6.40. The third kappa shape index (κ3) is 5.09. The molecule has 1 aliphatic heterocycles. The van der Waals surface area contributed by atoms with E-state index in [0.717, 1.165) is 25.2 Å². The average Bonchev–Trinajstić information content (AvgIpc) is 2.45. The van der Waals surface area contributed by atoms with Crippen molar-refractivity contribution in [3.05, 3.63) is 29.8 Å². The first kappa shape index (κ1) is 16.9. The van der Waals surface area contributed by atoms with E-state index >= 15 is 0 Å². The Morgan fingerprint density at radius 1 is 1.32 bits per heavy atom. The van der Waals surface area contributed by atoms with Crippen molar-refractivity contribution in [2.45, 2.75) is 25.6 Å². The quantitative estimate of drug-likeness (QED) is 0.894. The van der Waals surface area contributed by atoms with Crippen molar-refractivity contribution in [1.82, 2.24) is 9.80 Å². The van der Waals surface area contributed by atoms with E-state index in [1.807, 2.05) is 26.1 Å². The van der Waals surface area contributed by atoms with Crippen LogP contribution in [-0.2, 0) is 16.0 Å². The van der Waals surface area contributed by atoms with Gasteiger partial charge in [-0.25, -0.2) is 0 Å². The van der Waals surface area contributed by atoms with Gasteiger partial charge in [0, 0.05) is 25.3 Å². The van der Waals surface area contributed by atoms with Gasteiger partial charge in [0.05, 0.1) is 6.10 Å². The molecule has 1 N–H and O–H groups in total. The Hall–Kier alpha value is -1.43. The van der Waals surface area contributed by atoms with Crippen molar-refractivity contribution in [3.8, 4) is 0 Å². The molecule has 0 spiro atoms. The number of hydrogen-bond acceptors (Lipinski definition) is 4. The first-order chi connectivity index (χ1) is 10.4. The molecule has 1 fully saturated rings. The van der Waals surface area contributed by atoms with Crippen molar-refractivity contribution in [1.29, 1.82) is 0 Å². The lowest BCUT2D eigenvalue weighted by Crippen LogP contribution is -2.49. The summed E-state index contributed by atoms with van der Waals surface area (Å²) < 4.78 is 5.72. The number of ether oxygens (including phenoxy) is 1. The van der Waals surface area contributed by atoms with Crippen LogP contribution in [0.3, 0.4) is 0 Å². The molecule has 0 aromatic heterocycles. The number of amides is 1. The molecule has 2 unspecified atom stereocenters. The molecule has 1 aromatic rings. The Bertz CT molecular complexity index is 477. The van der Waals surface area contributed by atoms with E-state index in [4.69, 9.17) is 4.74 Å². The monoisotopic (exact) mass is 305 g/mol. The SMILES string of the molecule is CC1CN(C)CC(C(=O)Nc2ccc(CCN(C)C)cc2)O1. The molecule has 22 heavy (non-hydrogen) atoms. The van der Waals surface area contributed by atoms with Crippen LogP contribution in [0.15, 0.2) is 24.3 Å². The summed E-state index contributed by atoms with van der Waals surface area (Å²) in [6, 6.07) is 8.04. The Morgan fingerprint density at radius 3 is 2.59 bits per heavy atom. The van der Waals surface area contributed by atoms with E-state index in [0.29, 0.717) is 6.54 Å². The number of nitrogens with one attached hydrogen (secondary N) is 1. The summed E-state index contributed by atoms with van der Waals surface area (Å²) in [5, 5.41) is 2.94. The van der Waals surface area contributed by atoms with Crippen LogP contribution in [0.4, 0.5) is 5.69 Å². The summed E-state index contributed by atoms with van der Waals surface area (Å²) in [5.74, 6) is -0.0700. The summed E-state index contributed by atoms with van der Waals surface area (Å²) in [6.45, 7) is 4.52. The number of anilines is 1. The number of benzene rings is 1. The first-order valence-electron chi connectivity index (χ1n) is 7.82. The fourth-order valence-electron chi connectivity index (χ4n) is 2.64. The second kappa shape index (κ2) is 7.72. The van der Waals surface area contributed by atoms with Crippen LogP contribution < -0.4 is 5.32 Å². The van der Waals surface area contributed by atoms with Gasteiger partial charge in [0.15, 0.2) is 0 Å². The lowest BCUT2D eigenvalue weighted by molar-refractivity contribution is -0.139. The van der Waals surface area contributed by atoms with Crippen molar-refractivity contribution in [2.75, 3.05) is 46.1 Å². The third-order valence-corrected chi connectivity index (χ3v) is 3.80. The van der Waals surface area contributed by atoms with Crippen molar-refractivity contribution < 1.29 is 9.53 Å². The van der Waals surface area contributed by atoms with Crippen LogP contribution in [0.5, 0.6) is 0 Å². The molecular formula is C17H27N3O2. The molecule has 0 saturated carbocycles. The Morgan fingerprint density at radius 2 is 2.00 bits per heavy atom.